The fourth-order valence-electron chi connectivity index (χ4n) is 2.00. The number of hydrogen-bond acceptors (Lipinski definition) is 3. The molecule has 4 nitrogen and oxygen atoms in total. The van der Waals surface area contributed by atoms with Gasteiger partial charge in [-0.3, -0.25) is 0 Å². The number of aromatic nitrogens is 3. The van der Waals surface area contributed by atoms with Crippen molar-refractivity contribution in [1.82, 2.24) is 14.8 Å². The first-order chi connectivity index (χ1) is 7.34. The second-order valence-corrected chi connectivity index (χ2v) is 3.76. The highest BCUT2D eigenvalue weighted by molar-refractivity contribution is 5.65. The van der Waals surface area contributed by atoms with Gasteiger partial charge < -0.3 is 5.32 Å². The Bertz CT molecular complexity index is 501. The zero-order valence-corrected chi connectivity index (χ0v) is 8.57. The van der Waals surface area contributed by atoms with E-state index in [2.05, 4.69) is 33.6 Å². The minimum atomic E-state index is 0.921. The van der Waals surface area contributed by atoms with Gasteiger partial charge >= 0.3 is 0 Å². The lowest BCUT2D eigenvalue weighted by Crippen LogP contribution is -1.94. The summed E-state index contributed by atoms with van der Waals surface area (Å²) in [7, 11) is 1.91. The van der Waals surface area contributed by atoms with Crippen LogP contribution in [-0.4, -0.2) is 21.3 Å². The van der Waals surface area contributed by atoms with Crippen LogP contribution in [0.3, 0.4) is 0 Å². The number of hydrogen-bond donors (Lipinski definition) is 1. The molecule has 76 valence electrons. The molecular formula is C11H12N4. The number of benzene rings is 1. The average Bonchev–Trinajstić information content (AvgIpc) is 2.84. The maximum atomic E-state index is 4.24. The Hall–Kier alpha value is -1.84. The molecule has 2 heterocycles. The van der Waals surface area contributed by atoms with E-state index in [9.17, 15) is 0 Å². The summed E-state index contributed by atoms with van der Waals surface area (Å²) >= 11 is 0. The highest BCUT2D eigenvalue weighted by atomic mass is 15.3. The summed E-state index contributed by atoms with van der Waals surface area (Å²) < 4.78 is 1.80. The molecule has 1 aromatic heterocycles. The molecule has 0 spiro atoms. The second-order valence-electron chi connectivity index (χ2n) is 3.76. The van der Waals surface area contributed by atoms with Crippen molar-refractivity contribution in [3.63, 3.8) is 0 Å². The number of rotatable bonds is 1. The van der Waals surface area contributed by atoms with Crippen LogP contribution in [-0.2, 0) is 13.5 Å². The lowest BCUT2D eigenvalue weighted by atomic mass is 10.1. The van der Waals surface area contributed by atoms with E-state index >= 15 is 0 Å². The summed E-state index contributed by atoms with van der Waals surface area (Å²) in [5.74, 6) is 0.921. The van der Waals surface area contributed by atoms with E-state index in [1.54, 1.807) is 11.0 Å². The predicted octanol–water partition coefficient (Wildman–Crippen LogP) is 1.45. The first-order valence-corrected chi connectivity index (χ1v) is 5.06. The van der Waals surface area contributed by atoms with Crippen LogP contribution in [0, 0.1) is 0 Å². The minimum Gasteiger partial charge on any atom is -0.384 e. The molecule has 0 fully saturated rings. The van der Waals surface area contributed by atoms with Gasteiger partial charge in [0.25, 0.3) is 0 Å². The van der Waals surface area contributed by atoms with Gasteiger partial charge in [0.1, 0.15) is 6.33 Å². The Morgan fingerprint density at radius 1 is 1.40 bits per heavy atom. The molecular weight excluding hydrogens is 188 g/mol. The third-order valence-electron chi connectivity index (χ3n) is 2.78. The predicted molar refractivity (Wildman–Crippen MR) is 58.6 cm³/mol. The first kappa shape index (κ1) is 8.47. The minimum absolute atomic E-state index is 0.921. The van der Waals surface area contributed by atoms with Crippen LogP contribution >= 0.6 is 0 Å². The van der Waals surface area contributed by atoms with Crippen LogP contribution in [0.2, 0.25) is 0 Å². The van der Waals surface area contributed by atoms with Crippen molar-refractivity contribution in [3.8, 4) is 11.4 Å². The molecule has 1 aliphatic heterocycles. The quantitative estimate of drug-likeness (QED) is 0.757. The lowest BCUT2D eigenvalue weighted by Gasteiger charge is -2.03. The zero-order chi connectivity index (χ0) is 10.3. The third kappa shape index (κ3) is 1.29. The van der Waals surface area contributed by atoms with Crippen molar-refractivity contribution < 1.29 is 0 Å². The summed E-state index contributed by atoms with van der Waals surface area (Å²) in [6.45, 7) is 1.04. The van der Waals surface area contributed by atoms with Crippen LogP contribution in [0.5, 0.6) is 0 Å². The smallest absolute Gasteiger partial charge is 0.157 e. The molecule has 2 aromatic rings. The Morgan fingerprint density at radius 2 is 2.33 bits per heavy atom. The number of nitrogens with one attached hydrogen (secondary N) is 1. The Labute approximate surface area is 88.0 Å². The van der Waals surface area contributed by atoms with E-state index in [0.29, 0.717) is 0 Å². The lowest BCUT2D eigenvalue weighted by molar-refractivity contribution is 0.774. The van der Waals surface area contributed by atoms with Crippen molar-refractivity contribution in [1.29, 1.82) is 0 Å². The van der Waals surface area contributed by atoms with Crippen molar-refractivity contribution >= 4 is 5.69 Å². The maximum absolute atomic E-state index is 4.24. The Kier molecular flexibility index (Phi) is 1.74. The highest BCUT2D eigenvalue weighted by Gasteiger charge is 2.12. The molecule has 0 atom stereocenters. The Morgan fingerprint density at radius 3 is 3.13 bits per heavy atom. The van der Waals surface area contributed by atoms with E-state index in [0.717, 1.165) is 24.4 Å². The topological polar surface area (TPSA) is 42.7 Å². The molecule has 0 radical (unpaired) electrons. The van der Waals surface area contributed by atoms with Crippen LogP contribution < -0.4 is 5.32 Å². The van der Waals surface area contributed by atoms with Gasteiger partial charge in [0.2, 0.25) is 0 Å². The Balaban J connectivity index is 2.11. The van der Waals surface area contributed by atoms with Crippen LogP contribution in [0.25, 0.3) is 11.4 Å². The summed E-state index contributed by atoms with van der Waals surface area (Å²) in [5, 5.41) is 7.42. The van der Waals surface area contributed by atoms with Gasteiger partial charge in [0.15, 0.2) is 5.82 Å². The molecule has 0 saturated heterocycles. The van der Waals surface area contributed by atoms with Crippen LogP contribution in [0.4, 0.5) is 5.69 Å². The summed E-state index contributed by atoms with van der Waals surface area (Å²) in [6, 6.07) is 6.40. The van der Waals surface area contributed by atoms with Gasteiger partial charge in [-0.2, -0.15) is 5.10 Å². The molecule has 0 bridgehead atoms. The number of anilines is 1. The molecule has 0 amide bonds. The fourth-order valence-corrected chi connectivity index (χ4v) is 2.00. The molecule has 3 rings (SSSR count). The highest BCUT2D eigenvalue weighted by Crippen LogP contribution is 2.27. The number of aryl methyl sites for hydroxylation is 1. The van der Waals surface area contributed by atoms with Crippen molar-refractivity contribution in [3.05, 3.63) is 30.1 Å². The van der Waals surface area contributed by atoms with E-state index in [1.165, 1.54) is 11.3 Å². The van der Waals surface area contributed by atoms with E-state index in [-0.39, 0.29) is 0 Å². The van der Waals surface area contributed by atoms with Gasteiger partial charge in [-0.25, -0.2) is 9.67 Å². The molecule has 1 N–H and O–H groups in total. The van der Waals surface area contributed by atoms with Crippen LogP contribution in [0.15, 0.2) is 24.5 Å². The molecule has 0 aliphatic carbocycles. The van der Waals surface area contributed by atoms with Crippen molar-refractivity contribution in [2.45, 2.75) is 6.42 Å². The molecule has 15 heavy (non-hydrogen) atoms. The van der Waals surface area contributed by atoms with Gasteiger partial charge in [0.05, 0.1) is 0 Å². The van der Waals surface area contributed by atoms with E-state index in [4.69, 9.17) is 0 Å². The standard InChI is InChI=1S/C11H12N4/c1-15-11(13-7-14-15)9-2-3-10-8(6-9)4-5-12-10/h2-3,6-7,12H,4-5H2,1H3. The van der Waals surface area contributed by atoms with Gasteiger partial charge in [0, 0.05) is 24.8 Å². The molecule has 0 saturated carbocycles. The van der Waals surface area contributed by atoms with Gasteiger partial charge in [-0.05, 0) is 30.2 Å². The molecule has 1 aromatic carbocycles. The zero-order valence-electron chi connectivity index (χ0n) is 8.57. The van der Waals surface area contributed by atoms with Gasteiger partial charge in [-0.15, -0.1) is 0 Å². The monoisotopic (exact) mass is 200 g/mol. The normalized spacial score (nSPS) is 13.7. The van der Waals surface area contributed by atoms with Gasteiger partial charge in [-0.1, -0.05) is 0 Å². The number of fused-ring (bicyclic) bond motifs is 1. The van der Waals surface area contributed by atoms with E-state index in [1.807, 2.05) is 7.05 Å². The molecule has 4 heteroatoms. The first-order valence-electron chi connectivity index (χ1n) is 5.06. The van der Waals surface area contributed by atoms with E-state index < -0.39 is 0 Å². The summed E-state index contributed by atoms with van der Waals surface area (Å²) in [4.78, 5) is 4.24. The molecule has 0 unspecified atom stereocenters. The third-order valence-corrected chi connectivity index (χ3v) is 2.78. The number of nitrogens with zero attached hydrogens (tertiary/aromatic N) is 3. The maximum Gasteiger partial charge on any atom is 0.157 e. The summed E-state index contributed by atoms with van der Waals surface area (Å²) in [6.07, 6.45) is 2.68. The second kappa shape index (κ2) is 3.08. The van der Waals surface area contributed by atoms with Crippen LogP contribution in [0.1, 0.15) is 5.56 Å². The molecule has 1 aliphatic rings. The average molecular weight is 200 g/mol. The van der Waals surface area contributed by atoms with Crippen molar-refractivity contribution in [2.75, 3.05) is 11.9 Å². The summed E-state index contributed by atoms with van der Waals surface area (Å²) in [5.41, 5.74) is 3.76. The SMILES string of the molecule is Cn1ncnc1-c1ccc2c(c1)CCN2. The van der Waals surface area contributed by atoms with Crippen molar-refractivity contribution in [2.24, 2.45) is 7.05 Å². The fraction of sp³-hybridized carbons (Fsp3) is 0.273. The largest absolute Gasteiger partial charge is 0.384 e.